The number of hydrogen-bond acceptors (Lipinski definition) is 6. The Labute approximate surface area is 182 Å². The van der Waals surface area contributed by atoms with Gasteiger partial charge in [-0.3, -0.25) is 4.72 Å². The number of methoxy groups -OCH3 is 1. The van der Waals surface area contributed by atoms with Crippen molar-refractivity contribution < 1.29 is 21.9 Å². The molecule has 2 heterocycles. The molecule has 4 rings (SSSR count). The lowest BCUT2D eigenvalue weighted by atomic mass is 10.0. The molecule has 0 saturated heterocycles. The van der Waals surface area contributed by atoms with E-state index in [9.17, 15) is 12.8 Å². The molecule has 0 atom stereocenters. The third kappa shape index (κ3) is 3.50. The molecule has 8 nitrogen and oxygen atoms in total. The summed E-state index contributed by atoms with van der Waals surface area (Å²) in [7, 11) is -1.37. The van der Waals surface area contributed by atoms with Crippen molar-refractivity contribution in [3.8, 4) is 16.9 Å². The van der Waals surface area contributed by atoms with Gasteiger partial charge >= 0.3 is 0 Å². The summed E-state index contributed by atoms with van der Waals surface area (Å²) in [5.41, 5.74) is 7.02. The number of sulfonamides is 1. The van der Waals surface area contributed by atoms with Crippen LogP contribution >= 0.6 is 0 Å². The van der Waals surface area contributed by atoms with E-state index in [1.165, 1.54) is 31.6 Å². The molecular formula is C21H19F2N5O3S. The van der Waals surface area contributed by atoms with Crippen LogP contribution in [-0.4, -0.2) is 30.1 Å². The van der Waals surface area contributed by atoms with Gasteiger partial charge in [0.2, 0.25) is 0 Å². The number of fused-ring (bicyclic) bond motifs is 1. The Hall–Kier alpha value is -3.73. The first-order valence-corrected chi connectivity index (χ1v) is 10.8. The number of aromatic nitrogens is 3. The van der Waals surface area contributed by atoms with Gasteiger partial charge in [0.05, 0.1) is 18.2 Å². The quantitative estimate of drug-likeness (QED) is 0.472. The molecule has 0 aliphatic carbocycles. The van der Waals surface area contributed by atoms with Crippen LogP contribution in [0, 0.1) is 18.6 Å². The largest absolute Gasteiger partial charge is 0.496 e. The second-order valence-corrected chi connectivity index (χ2v) is 8.79. The Morgan fingerprint density at radius 3 is 2.62 bits per heavy atom. The van der Waals surface area contributed by atoms with E-state index in [2.05, 4.69) is 14.7 Å². The van der Waals surface area contributed by atoms with Crippen molar-refractivity contribution in [3.63, 3.8) is 0 Å². The molecule has 0 spiro atoms. The normalized spacial score (nSPS) is 11.7. The number of ether oxygens (including phenoxy) is 1. The smallest absolute Gasteiger partial charge is 0.264 e. The van der Waals surface area contributed by atoms with Gasteiger partial charge in [0, 0.05) is 30.4 Å². The van der Waals surface area contributed by atoms with Crippen LogP contribution in [0.3, 0.4) is 0 Å². The van der Waals surface area contributed by atoms with Crippen LogP contribution in [-0.2, 0) is 17.1 Å². The second kappa shape index (κ2) is 7.75. The number of anilines is 2. The van der Waals surface area contributed by atoms with Crippen molar-refractivity contribution in [1.82, 2.24) is 14.5 Å². The van der Waals surface area contributed by atoms with Crippen LogP contribution in [0.2, 0.25) is 0 Å². The predicted octanol–water partition coefficient (Wildman–Crippen LogP) is 3.61. The van der Waals surface area contributed by atoms with E-state index in [0.717, 1.165) is 12.1 Å². The molecular weight excluding hydrogens is 440 g/mol. The zero-order valence-corrected chi connectivity index (χ0v) is 18.2. The minimum Gasteiger partial charge on any atom is -0.496 e. The molecule has 11 heteroatoms. The van der Waals surface area contributed by atoms with Gasteiger partial charge in [-0.15, -0.1) is 0 Å². The average Bonchev–Trinajstić information content (AvgIpc) is 3.08. The number of benzene rings is 2. The molecule has 166 valence electrons. The summed E-state index contributed by atoms with van der Waals surface area (Å²) >= 11 is 0. The van der Waals surface area contributed by atoms with E-state index in [0.29, 0.717) is 22.2 Å². The van der Waals surface area contributed by atoms with E-state index >= 15 is 4.39 Å². The van der Waals surface area contributed by atoms with Crippen LogP contribution in [0.15, 0.2) is 47.8 Å². The Morgan fingerprint density at radius 1 is 1.16 bits per heavy atom. The van der Waals surface area contributed by atoms with Crippen molar-refractivity contribution in [2.75, 3.05) is 17.6 Å². The van der Waals surface area contributed by atoms with Gasteiger partial charge in [-0.1, -0.05) is 12.1 Å². The van der Waals surface area contributed by atoms with Crippen molar-refractivity contribution >= 4 is 32.6 Å². The van der Waals surface area contributed by atoms with Gasteiger partial charge in [-0.2, -0.15) is 0 Å². The number of aryl methyl sites for hydroxylation is 2. The maximum Gasteiger partial charge on any atom is 0.264 e. The number of nitrogens with two attached hydrogens (primary N) is 1. The minimum atomic E-state index is -4.43. The molecule has 4 aromatic rings. The topological polar surface area (TPSA) is 112 Å². The summed E-state index contributed by atoms with van der Waals surface area (Å²) < 4.78 is 64.4. The SMILES string of the molecule is COc1cc(F)c(S(=O)(=O)Nc2cccc(-c3cn(C)c4ncnc(N)c34)c2F)cc1C. The Kier molecular flexibility index (Phi) is 5.21. The van der Waals surface area contributed by atoms with Crippen LogP contribution in [0.25, 0.3) is 22.2 Å². The predicted molar refractivity (Wildman–Crippen MR) is 117 cm³/mol. The highest BCUT2D eigenvalue weighted by Gasteiger charge is 2.24. The zero-order valence-electron chi connectivity index (χ0n) is 17.3. The summed E-state index contributed by atoms with van der Waals surface area (Å²) in [6.45, 7) is 1.57. The van der Waals surface area contributed by atoms with E-state index < -0.39 is 26.6 Å². The number of hydrogen-bond donors (Lipinski definition) is 2. The number of nitrogens with one attached hydrogen (secondary N) is 1. The van der Waals surface area contributed by atoms with Gasteiger partial charge in [-0.05, 0) is 24.6 Å². The molecule has 2 aromatic carbocycles. The van der Waals surface area contributed by atoms with Crippen molar-refractivity contribution in [3.05, 3.63) is 60.1 Å². The zero-order chi connectivity index (χ0) is 23.2. The van der Waals surface area contributed by atoms with Gasteiger partial charge in [0.25, 0.3) is 10.0 Å². The van der Waals surface area contributed by atoms with Crippen molar-refractivity contribution in [2.24, 2.45) is 7.05 Å². The molecule has 0 unspecified atom stereocenters. The van der Waals surface area contributed by atoms with E-state index in [4.69, 9.17) is 10.5 Å². The standard InChI is InChI=1S/C21H19F2N5O3S/c1-11-7-17(14(22)8-16(11)31-3)32(29,30)27-15-6-4-5-12(19(15)23)13-9-28(2)21-18(13)20(24)25-10-26-21/h4-10,27H,1-3H3,(H2,24,25,26). The second-order valence-electron chi connectivity index (χ2n) is 7.14. The molecule has 0 fully saturated rings. The van der Waals surface area contributed by atoms with Gasteiger partial charge in [0.15, 0.2) is 5.82 Å². The molecule has 0 radical (unpaired) electrons. The van der Waals surface area contributed by atoms with Gasteiger partial charge in [-0.25, -0.2) is 27.2 Å². The maximum atomic E-state index is 15.4. The molecule has 32 heavy (non-hydrogen) atoms. The number of halogens is 2. The van der Waals surface area contributed by atoms with E-state index in [1.807, 2.05) is 0 Å². The van der Waals surface area contributed by atoms with Crippen molar-refractivity contribution in [2.45, 2.75) is 11.8 Å². The molecule has 0 aliphatic heterocycles. The highest BCUT2D eigenvalue weighted by molar-refractivity contribution is 7.92. The Bertz CT molecular complexity index is 1470. The molecule has 0 bridgehead atoms. The summed E-state index contributed by atoms with van der Waals surface area (Å²) in [4.78, 5) is 7.49. The molecule has 2 aromatic heterocycles. The maximum absolute atomic E-state index is 15.4. The minimum absolute atomic E-state index is 0.0867. The Morgan fingerprint density at radius 2 is 1.91 bits per heavy atom. The van der Waals surface area contributed by atoms with Crippen LogP contribution in [0.5, 0.6) is 5.75 Å². The van der Waals surface area contributed by atoms with E-state index in [-0.39, 0.29) is 22.8 Å². The third-order valence-electron chi connectivity index (χ3n) is 5.05. The summed E-state index contributed by atoms with van der Waals surface area (Å²) in [5, 5.41) is 0.436. The number of nitrogen functional groups attached to an aromatic ring is 1. The van der Waals surface area contributed by atoms with Gasteiger partial charge in [0.1, 0.15) is 34.3 Å². The van der Waals surface area contributed by atoms with Crippen molar-refractivity contribution in [1.29, 1.82) is 0 Å². The lowest BCUT2D eigenvalue weighted by Crippen LogP contribution is -2.16. The fraction of sp³-hybridized carbons (Fsp3) is 0.143. The third-order valence-corrected chi connectivity index (χ3v) is 6.44. The highest BCUT2D eigenvalue weighted by Crippen LogP contribution is 2.36. The number of nitrogens with zero attached hydrogens (tertiary/aromatic N) is 3. The highest BCUT2D eigenvalue weighted by atomic mass is 32.2. The molecule has 3 N–H and O–H groups in total. The lowest BCUT2D eigenvalue weighted by Gasteiger charge is -2.13. The Balaban J connectivity index is 1.81. The molecule has 0 aliphatic rings. The summed E-state index contributed by atoms with van der Waals surface area (Å²) in [5.74, 6) is -1.51. The van der Waals surface area contributed by atoms with Crippen LogP contribution < -0.4 is 15.2 Å². The fourth-order valence-corrected chi connectivity index (χ4v) is 4.72. The lowest BCUT2D eigenvalue weighted by molar-refractivity contribution is 0.406. The van der Waals surface area contributed by atoms with Crippen LogP contribution in [0.4, 0.5) is 20.3 Å². The van der Waals surface area contributed by atoms with Gasteiger partial charge < -0.3 is 15.0 Å². The van der Waals surface area contributed by atoms with Crippen LogP contribution in [0.1, 0.15) is 5.56 Å². The first-order chi connectivity index (χ1) is 15.1. The number of rotatable bonds is 5. The molecule has 0 amide bonds. The van der Waals surface area contributed by atoms with E-state index in [1.54, 1.807) is 24.7 Å². The monoisotopic (exact) mass is 459 g/mol. The first kappa shape index (κ1) is 21.5. The summed E-state index contributed by atoms with van der Waals surface area (Å²) in [6.07, 6.45) is 2.92. The summed E-state index contributed by atoms with van der Waals surface area (Å²) in [6, 6.07) is 6.30. The fourth-order valence-electron chi connectivity index (χ4n) is 3.52. The molecule has 0 saturated carbocycles. The average molecular weight is 459 g/mol. The first-order valence-electron chi connectivity index (χ1n) is 9.35.